The number of carbonyl (C=O) groups is 1. The number of non-ortho nitro benzene ring substituents is 1. The van der Waals surface area contributed by atoms with E-state index in [1.54, 1.807) is 13.0 Å². The molecule has 1 amide bonds. The molecule has 5 heteroatoms. The largest absolute Gasteiger partial charge is 0.325 e. The first kappa shape index (κ1) is 12.1. The lowest BCUT2D eigenvalue weighted by molar-refractivity contribution is -0.384. The predicted octanol–water partition coefficient (Wildman–Crippen LogP) is 2.43. The van der Waals surface area contributed by atoms with E-state index < -0.39 is 4.92 Å². The molecule has 1 aromatic rings. The molecule has 5 nitrogen and oxygen atoms in total. The standard InChI is InChI=1S/C13H12N2O3/c1-2-3-4-5-10-11-8-9(15(17)18)6-7-12(11)14-13(10)16/h6-8,10H,4-5H2,1H3,(H,14,16). The summed E-state index contributed by atoms with van der Waals surface area (Å²) in [6.07, 6.45) is 1.19. The highest BCUT2D eigenvalue weighted by atomic mass is 16.6. The molecule has 18 heavy (non-hydrogen) atoms. The molecule has 0 spiro atoms. The molecule has 1 heterocycles. The van der Waals surface area contributed by atoms with E-state index in [4.69, 9.17) is 0 Å². The highest BCUT2D eigenvalue weighted by Gasteiger charge is 2.31. The van der Waals surface area contributed by atoms with E-state index in [9.17, 15) is 14.9 Å². The molecule has 1 aliphatic heterocycles. The van der Waals surface area contributed by atoms with Crippen LogP contribution in [0.3, 0.4) is 0 Å². The summed E-state index contributed by atoms with van der Waals surface area (Å²) in [5, 5.41) is 13.5. The Balaban J connectivity index is 2.29. The molecule has 92 valence electrons. The average Bonchev–Trinajstić information content (AvgIpc) is 2.65. The van der Waals surface area contributed by atoms with Gasteiger partial charge in [0, 0.05) is 24.2 Å². The highest BCUT2D eigenvalue weighted by Crippen LogP contribution is 2.37. The van der Waals surface area contributed by atoms with Crippen molar-refractivity contribution in [3.8, 4) is 11.8 Å². The molecule has 1 aliphatic rings. The first-order valence-electron chi connectivity index (χ1n) is 5.62. The van der Waals surface area contributed by atoms with Gasteiger partial charge in [0.1, 0.15) is 0 Å². The number of carbonyl (C=O) groups excluding carboxylic acids is 1. The van der Waals surface area contributed by atoms with Crippen LogP contribution in [-0.4, -0.2) is 10.8 Å². The number of rotatable bonds is 3. The molecule has 1 atom stereocenters. The highest BCUT2D eigenvalue weighted by molar-refractivity contribution is 6.03. The summed E-state index contributed by atoms with van der Waals surface area (Å²) in [7, 11) is 0. The molecule has 2 rings (SSSR count). The molecule has 1 unspecified atom stereocenters. The number of nitro groups is 1. The Labute approximate surface area is 104 Å². The molecule has 0 fully saturated rings. The van der Waals surface area contributed by atoms with Crippen LogP contribution < -0.4 is 5.32 Å². The van der Waals surface area contributed by atoms with Crippen molar-refractivity contribution in [3.63, 3.8) is 0 Å². The molecule has 0 saturated carbocycles. The monoisotopic (exact) mass is 244 g/mol. The van der Waals surface area contributed by atoms with Crippen molar-refractivity contribution < 1.29 is 9.72 Å². The lowest BCUT2D eigenvalue weighted by atomic mass is 9.95. The van der Waals surface area contributed by atoms with Gasteiger partial charge in [-0.2, -0.15) is 0 Å². The SMILES string of the molecule is CC#CCCC1C(=O)Nc2ccc([N+](=O)[O-])cc21. The lowest BCUT2D eigenvalue weighted by Crippen LogP contribution is -2.11. The molecular weight excluding hydrogens is 232 g/mol. The number of anilines is 1. The van der Waals surface area contributed by atoms with Crippen LogP contribution in [0.15, 0.2) is 18.2 Å². The predicted molar refractivity (Wildman–Crippen MR) is 67.2 cm³/mol. The summed E-state index contributed by atoms with van der Waals surface area (Å²) in [5.74, 6) is 5.23. The van der Waals surface area contributed by atoms with Crippen LogP contribution in [0.2, 0.25) is 0 Å². The molecule has 0 saturated heterocycles. The summed E-state index contributed by atoms with van der Waals surface area (Å²) >= 11 is 0. The Morgan fingerprint density at radius 2 is 2.28 bits per heavy atom. The molecule has 1 aromatic carbocycles. The van der Waals surface area contributed by atoms with Gasteiger partial charge >= 0.3 is 0 Å². The fraction of sp³-hybridized carbons (Fsp3) is 0.308. The number of benzene rings is 1. The van der Waals surface area contributed by atoms with Crippen LogP contribution in [0, 0.1) is 22.0 Å². The van der Waals surface area contributed by atoms with Gasteiger partial charge in [0.15, 0.2) is 0 Å². The second kappa shape index (κ2) is 4.88. The van der Waals surface area contributed by atoms with E-state index in [1.807, 2.05) is 0 Å². The Kier molecular flexibility index (Phi) is 3.28. The number of nitro benzene ring substituents is 1. The van der Waals surface area contributed by atoms with E-state index in [0.29, 0.717) is 24.1 Å². The zero-order valence-electron chi connectivity index (χ0n) is 9.90. The minimum atomic E-state index is -0.452. The first-order chi connectivity index (χ1) is 8.63. The maximum Gasteiger partial charge on any atom is 0.269 e. The van der Waals surface area contributed by atoms with Crippen LogP contribution in [0.1, 0.15) is 31.2 Å². The van der Waals surface area contributed by atoms with Crippen molar-refractivity contribution in [1.29, 1.82) is 0 Å². The second-order valence-corrected chi connectivity index (χ2v) is 4.04. The summed E-state index contributed by atoms with van der Waals surface area (Å²) in [6.45, 7) is 1.74. The van der Waals surface area contributed by atoms with Crippen molar-refractivity contribution in [3.05, 3.63) is 33.9 Å². The summed E-state index contributed by atoms with van der Waals surface area (Å²) in [6, 6.07) is 4.45. The number of fused-ring (bicyclic) bond motifs is 1. The molecule has 0 bridgehead atoms. The van der Waals surface area contributed by atoms with Gasteiger partial charge in [-0.15, -0.1) is 11.8 Å². The van der Waals surface area contributed by atoms with Crippen LogP contribution in [0.25, 0.3) is 0 Å². The van der Waals surface area contributed by atoms with Crippen molar-refractivity contribution >= 4 is 17.3 Å². The van der Waals surface area contributed by atoms with Crippen LogP contribution in [0.4, 0.5) is 11.4 Å². The van der Waals surface area contributed by atoms with E-state index in [0.717, 1.165) is 0 Å². The Hall–Kier alpha value is -2.35. The molecule has 0 radical (unpaired) electrons. The zero-order valence-corrected chi connectivity index (χ0v) is 9.90. The van der Waals surface area contributed by atoms with E-state index in [-0.39, 0.29) is 17.5 Å². The van der Waals surface area contributed by atoms with Crippen LogP contribution in [-0.2, 0) is 4.79 Å². The maximum atomic E-state index is 11.8. The number of hydrogen-bond acceptors (Lipinski definition) is 3. The van der Waals surface area contributed by atoms with Crippen LogP contribution >= 0.6 is 0 Å². The first-order valence-corrected chi connectivity index (χ1v) is 5.62. The molecule has 0 aliphatic carbocycles. The number of nitrogens with zero attached hydrogens (tertiary/aromatic N) is 1. The summed E-state index contributed by atoms with van der Waals surface area (Å²) < 4.78 is 0. The second-order valence-electron chi connectivity index (χ2n) is 4.04. The Morgan fingerprint density at radius 1 is 1.50 bits per heavy atom. The van der Waals surface area contributed by atoms with E-state index in [2.05, 4.69) is 17.2 Å². The third-order valence-electron chi connectivity index (χ3n) is 2.93. The number of nitrogens with one attached hydrogen (secondary N) is 1. The Bertz CT molecular complexity index is 569. The van der Waals surface area contributed by atoms with Crippen LogP contribution in [0.5, 0.6) is 0 Å². The third kappa shape index (κ3) is 2.18. The summed E-state index contributed by atoms with van der Waals surface area (Å²) in [5.41, 5.74) is 1.38. The normalized spacial score (nSPS) is 16.5. The zero-order chi connectivity index (χ0) is 13.1. The smallest absolute Gasteiger partial charge is 0.269 e. The van der Waals surface area contributed by atoms with Crippen molar-refractivity contribution in [2.45, 2.75) is 25.7 Å². The van der Waals surface area contributed by atoms with E-state index in [1.165, 1.54) is 12.1 Å². The third-order valence-corrected chi connectivity index (χ3v) is 2.93. The minimum Gasteiger partial charge on any atom is -0.325 e. The van der Waals surface area contributed by atoms with Crippen molar-refractivity contribution in [2.24, 2.45) is 0 Å². The molecule has 1 N–H and O–H groups in total. The van der Waals surface area contributed by atoms with Gasteiger partial charge in [-0.25, -0.2) is 0 Å². The van der Waals surface area contributed by atoms with Gasteiger partial charge in [0.2, 0.25) is 5.91 Å². The van der Waals surface area contributed by atoms with Gasteiger partial charge < -0.3 is 5.32 Å². The average molecular weight is 244 g/mol. The molecule has 0 aromatic heterocycles. The fourth-order valence-electron chi connectivity index (χ4n) is 2.06. The fourth-order valence-corrected chi connectivity index (χ4v) is 2.06. The Morgan fingerprint density at radius 3 is 2.94 bits per heavy atom. The van der Waals surface area contributed by atoms with Gasteiger partial charge in [-0.3, -0.25) is 14.9 Å². The molecular formula is C13H12N2O3. The van der Waals surface area contributed by atoms with E-state index >= 15 is 0 Å². The summed E-state index contributed by atoms with van der Waals surface area (Å²) in [4.78, 5) is 22.1. The lowest BCUT2D eigenvalue weighted by Gasteiger charge is -2.05. The topological polar surface area (TPSA) is 72.2 Å². The number of amides is 1. The van der Waals surface area contributed by atoms with Crippen molar-refractivity contribution in [1.82, 2.24) is 0 Å². The quantitative estimate of drug-likeness (QED) is 0.504. The maximum absolute atomic E-state index is 11.8. The number of hydrogen-bond donors (Lipinski definition) is 1. The van der Waals surface area contributed by atoms with Gasteiger partial charge in [0.05, 0.1) is 10.8 Å². The van der Waals surface area contributed by atoms with Gasteiger partial charge in [0.25, 0.3) is 5.69 Å². The minimum absolute atomic E-state index is 0.0109. The van der Waals surface area contributed by atoms with Gasteiger partial charge in [-0.05, 0) is 25.0 Å². The van der Waals surface area contributed by atoms with Gasteiger partial charge in [-0.1, -0.05) is 0 Å². The van der Waals surface area contributed by atoms with Crippen molar-refractivity contribution in [2.75, 3.05) is 5.32 Å².